The normalized spacial score (nSPS) is 10.7. The van der Waals surface area contributed by atoms with E-state index in [1.807, 2.05) is 30.3 Å². The van der Waals surface area contributed by atoms with Gasteiger partial charge in [0.25, 0.3) is 0 Å². The van der Waals surface area contributed by atoms with E-state index in [9.17, 15) is 9.59 Å². The quantitative estimate of drug-likeness (QED) is 0.749. The molecule has 0 unspecified atom stereocenters. The van der Waals surface area contributed by atoms with Crippen LogP contribution in [0.2, 0.25) is 0 Å². The zero-order valence-corrected chi connectivity index (χ0v) is 12.4. The van der Waals surface area contributed by atoms with Crippen molar-refractivity contribution in [2.24, 2.45) is 0 Å². The minimum atomic E-state index is -1.07. The van der Waals surface area contributed by atoms with Gasteiger partial charge in [-0.1, -0.05) is 30.3 Å². The van der Waals surface area contributed by atoms with Crippen LogP contribution in [0.5, 0.6) is 5.75 Å². The summed E-state index contributed by atoms with van der Waals surface area (Å²) in [5, 5.41) is 9.49. The Labute approximate surface area is 131 Å². The third-order valence-corrected chi connectivity index (χ3v) is 3.55. The lowest BCUT2D eigenvalue weighted by atomic mass is 10.0. The Morgan fingerprint density at radius 3 is 2.61 bits per heavy atom. The number of hydrogen-bond acceptors (Lipinski definition) is 4. The molecular formula is C18H14O5. The summed E-state index contributed by atoms with van der Waals surface area (Å²) < 4.78 is 10.5. The zero-order valence-electron chi connectivity index (χ0n) is 12.4. The number of carboxylic acids is 1. The molecule has 0 spiro atoms. The van der Waals surface area contributed by atoms with Gasteiger partial charge in [0.1, 0.15) is 11.3 Å². The second-order valence-corrected chi connectivity index (χ2v) is 5.09. The summed E-state index contributed by atoms with van der Waals surface area (Å²) in [4.78, 5) is 22.5. The molecule has 1 heterocycles. The molecule has 0 bridgehead atoms. The van der Waals surface area contributed by atoms with Crippen LogP contribution in [0.3, 0.4) is 0 Å². The van der Waals surface area contributed by atoms with Gasteiger partial charge in [0.2, 0.25) is 0 Å². The summed E-state index contributed by atoms with van der Waals surface area (Å²) in [6, 6.07) is 14.4. The number of carboxylic acid groups (broad SMARTS) is 1. The van der Waals surface area contributed by atoms with Gasteiger partial charge in [0, 0.05) is 17.0 Å². The maximum absolute atomic E-state index is 11.9. The molecule has 0 fully saturated rings. The number of aryl methyl sites for hydroxylation is 1. The lowest BCUT2D eigenvalue weighted by Gasteiger charge is -2.11. The number of fused-ring (bicyclic) bond motifs is 1. The van der Waals surface area contributed by atoms with Crippen molar-refractivity contribution in [2.75, 3.05) is 6.61 Å². The van der Waals surface area contributed by atoms with E-state index in [2.05, 4.69) is 0 Å². The second-order valence-electron chi connectivity index (χ2n) is 5.09. The van der Waals surface area contributed by atoms with E-state index in [1.165, 1.54) is 6.07 Å². The summed E-state index contributed by atoms with van der Waals surface area (Å²) in [7, 11) is 0. The molecule has 3 rings (SSSR count). The molecule has 2 aromatic carbocycles. The molecule has 0 aliphatic carbocycles. The summed E-state index contributed by atoms with van der Waals surface area (Å²) in [5.74, 6) is -0.683. The Bertz CT molecular complexity index is 925. The van der Waals surface area contributed by atoms with E-state index in [-0.39, 0.29) is 0 Å². The fraction of sp³-hybridized carbons (Fsp3) is 0.111. The molecule has 5 nitrogen and oxygen atoms in total. The van der Waals surface area contributed by atoms with Crippen molar-refractivity contribution in [2.45, 2.75) is 6.92 Å². The van der Waals surface area contributed by atoms with Crippen LogP contribution < -0.4 is 10.4 Å². The number of rotatable bonds is 4. The molecule has 0 atom stereocenters. The molecule has 116 valence electrons. The van der Waals surface area contributed by atoms with Crippen LogP contribution in [0, 0.1) is 6.92 Å². The van der Waals surface area contributed by atoms with E-state index >= 15 is 0 Å². The SMILES string of the molecule is Cc1c(OCC(=O)O)ccc2c(-c3ccccc3)cc(=O)oc12. The maximum atomic E-state index is 11.9. The van der Waals surface area contributed by atoms with Crippen LogP contribution in [0.25, 0.3) is 22.1 Å². The van der Waals surface area contributed by atoms with Crippen molar-refractivity contribution in [1.29, 1.82) is 0 Å². The zero-order chi connectivity index (χ0) is 16.4. The van der Waals surface area contributed by atoms with Crippen LogP contribution in [0.1, 0.15) is 5.56 Å². The standard InChI is InChI=1S/C18H14O5/c1-11-15(22-10-16(19)20)8-7-13-14(9-17(21)23-18(11)13)12-5-3-2-4-6-12/h2-9H,10H2,1H3,(H,19,20). The average molecular weight is 310 g/mol. The maximum Gasteiger partial charge on any atom is 0.341 e. The number of ether oxygens (including phenoxy) is 1. The smallest absolute Gasteiger partial charge is 0.341 e. The Kier molecular flexibility index (Phi) is 3.85. The molecular weight excluding hydrogens is 296 g/mol. The Hall–Kier alpha value is -3.08. The first kappa shape index (κ1) is 14.8. The van der Waals surface area contributed by atoms with Crippen molar-refractivity contribution >= 4 is 16.9 Å². The number of hydrogen-bond donors (Lipinski definition) is 1. The predicted octanol–water partition coefficient (Wildman–Crippen LogP) is 3.23. The minimum Gasteiger partial charge on any atom is -0.481 e. The highest BCUT2D eigenvalue weighted by atomic mass is 16.5. The molecule has 0 aliphatic heterocycles. The number of carbonyl (C=O) groups is 1. The first-order chi connectivity index (χ1) is 11.1. The summed E-state index contributed by atoms with van der Waals surface area (Å²) in [6.45, 7) is 1.28. The van der Waals surface area contributed by atoms with E-state index in [0.29, 0.717) is 16.9 Å². The second kappa shape index (κ2) is 5.96. The number of aliphatic carboxylic acids is 1. The van der Waals surface area contributed by atoms with E-state index < -0.39 is 18.2 Å². The molecule has 1 aromatic heterocycles. The number of benzene rings is 2. The molecule has 0 aliphatic rings. The van der Waals surface area contributed by atoms with Crippen LogP contribution in [-0.2, 0) is 4.79 Å². The van der Waals surface area contributed by atoms with Crippen LogP contribution >= 0.6 is 0 Å². The Morgan fingerprint density at radius 2 is 1.91 bits per heavy atom. The van der Waals surface area contributed by atoms with Gasteiger partial charge >= 0.3 is 11.6 Å². The third kappa shape index (κ3) is 2.94. The summed E-state index contributed by atoms with van der Waals surface area (Å²) >= 11 is 0. The van der Waals surface area contributed by atoms with Gasteiger partial charge in [-0.2, -0.15) is 0 Å². The monoisotopic (exact) mass is 310 g/mol. The first-order valence-corrected chi connectivity index (χ1v) is 7.04. The lowest BCUT2D eigenvalue weighted by Crippen LogP contribution is -2.10. The molecule has 0 radical (unpaired) electrons. The first-order valence-electron chi connectivity index (χ1n) is 7.04. The molecule has 0 amide bonds. The molecule has 1 N–H and O–H groups in total. The van der Waals surface area contributed by atoms with E-state index in [4.69, 9.17) is 14.3 Å². The highest BCUT2D eigenvalue weighted by Gasteiger charge is 2.13. The van der Waals surface area contributed by atoms with Crippen LogP contribution in [0.4, 0.5) is 0 Å². The van der Waals surface area contributed by atoms with Gasteiger partial charge in [-0.25, -0.2) is 9.59 Å². The summed E-state index contributed by atoms with van der Waals surface area (Å²) in [6.07, 6.45) is 0. The third-order valence-electron chi connectivity index (χ3n) is 3.55. The van der Waals surface area contributed by atoms with Crippen molar-refractivity contribution in [3.63, 3.8) is 0 Å². The van der Waals surface area contributed by atoms with Crippen molar-refractivity contribution in [3.8, 4) is 16.9 Å². The Morgan fingerprint density at radius 1 is 1.17 bits per heavy atom. The predicted molar refractivity (Wildman–Crippen MR) is 85.8 cm³/mol. The van der Waals surface area contributed by atoms with E-state index in [1.54, 1.807) is 19.1 Å². The topological polar surface area (TPSA) is 76.7 Å². The fourth-order valence-electron chi connectivity index (χ4n) is 2.50. The van der Waals surface area contributed by atoms with Crippen molar-refractivity contribution < 1.29 is 19.1 Å². The highest BCUT2D eigenvalue weighted by Crippen LogP contribution is 2.32. The molecule has 23 heavy (non-hydrogen) atoms. The van der Waals surface area contributed by atoms with Gasteiger partial charge in [0.05, 0.1) is 0 Å². The van der Waals surface area contributed by atoms with Crippen molar-refractivity contribution in [1.82, 2.24) is 0 Å². The Balaban J connectivity index is 2.19. The molecule has 0 saturated carbocycles. The van der Waals surface area contributed by atoms with E-state index in [0.717, 1.165) is 16.5 Å². The fourth-order valence-corrected chi connectivity index (χ4v) is 2.50. The highest BCUT2D eigenvalue weighted by molar-refractivity contribution is 5.95. The summed E-state index contributed by atoms with van der Waals surface area (Å²) in [5.41, 5.74) is 2.21. The van der Waals surface area contributed by atoms with Crippen LogP contribution in [-0.4, -0.2) is 17.7 Å². The lowest BCUT2D eigenvalue weighted by molar-refractivity contribution is -0.139. The molecule has 3 aromatic rings. The van der Waals surface area contributed by atoms with Gasteiger partial charge in [-0.15, -0.1) is 0 Å². The molecule has 0 saturated heterocycles. The largest absolute Gasteiger partial charge is 0.481 e. The minimum absolute atomic E-state index is 0.383. The van der Waals surface area contributed by atoms with Gasteiger partial charge in [0.15, 0.2) is 6.61 Å². The van der Waals surface area contributed by atoms with Gasteiger partial charge in [-0.05, 0) is 30.2 Å². The van der Waals surface area contributed by atoms with Crippen molar-refractivity contribution in [3.05, 3.63) is 64.5 Å². The van der Waals surface area contributed by atoms with Crippen LogP contribution in [0.15, 0.2) is 57.7 Å². The van der Waals surface area contributed by atoms with Gasteiger partial charge in [-0.3, -0.25) is 0 Å². The average Bonchev–Trinajstić information content (AvgIpc) is 2.55. The van der Waals surface area contributed by atoms with Gasteiger partial charge < -0.3 is 14.3 Å². The molecule has 5 heteroatoms.